The Balaban J connectivity index is 1.98. The molecule has 174 valence electrons. The van der Waals surface area contributed by atoms with E-state index in [-0.39, 0.29) is 5.75 Å². The molecule has 7 nitrogen and oxygen atoms in total. The highest BCUT2D eigenvalue weighted by atomic mass is 32.2. The van der Waals surface area contributed by atoms with Gasteiger partial charge in [0.25, 0.3) is 10.1 Å². The predicted molar refractivity (Wildman–Crippen MR) is 113 cm³/mol. The maximum Gasteiger partial charge on any atom is 0.269 e. The minimum absolute atomic E-state index is 0.141. The van der Waals surface area contributed by atoms with Crippen molar-refractivity contribution in [3.8, 4) is 0 Å². The van der Waals surface area contributed by atoms with Gasteiger partial charge in [0.1, 0.15) is 18.3 Å². The number of aliphatic hydroxyl groups excluding tert-OH is 3. The van der Waals surface area contributed by atoms with Crippen molar-refractivity contribution in [1.82, 2.24) is 0 Å². The highest BCUT2D eigenvalue weighted by Gasteiger charge is 2.45. The van der Waals surface area contributed by atoms with Crippen LogP contribution < -0.4 is 0 Å². The van der Waals surface area contributed by atoms with E-state index in [1.54, 1.807) is 0 Å². The third-order valence-corrected chi connectivity index (χ3v) is 6.76. The molecule has 1 saturated heterocycles. The summed E-state index contributed by atoms with van der Waals surface area (Å²) in [7, 11) is -3.85. The molecule has 1 heterocycles. The standard InChI is InChI=1S/C21H42O7S/c1-2-3-4-5-6-7-8-9-10-11-12-13-14-15-16-29(25,26)28-21-20(24)19(23)18(17-22)27-21/h18-24H,2-17H2,1H3/t18-,19-,20+,21+/m1/s1. The van der Waals surface area contributed by atoms with E-state index in [2.05, 4.69) is 6.92 Å². The molecule has 3 N–H and O–H groups in total. The maximum absolute atomic E-state index is 12.0. The second-order valence-electron chi connectivity index (χ2n) is 8.16. The van der Waals surface area contributed by atoms with Crippen LogP contribution in [0, 0.1) is 0 Å². The summed E-state index contributed by atoms with van der Waals surface area (Å²) < 4.78 is 33.9. The minimum Gasteiger partial charge on any atom is -0.394 e. The van der Waals surface area contributed by atoms with Gasteiger partial charge in [0.15, 0.2) is 0 Å². The summed E-state index contributed by atoms with van der Waals surface area (Å²) in [6.45, 7) is 1.72. The summed E-state index contributed by atoms with van der Waals surface area (Å²) >= 11 is 0. The zero-order valence-corrected chi connectivity index (χ0v) is 18.8. The molecule has 4 atom stereocenters. The first kappa shape index (κ1) is 26.8. The molecular weight excluding hydrogens is 396 g/mol. The van der Waals surface area contributed by atoms with Crippen LogP contribution in [0.4, 0.5) is 0 Å². The zero-order chi connectivity index (χ0) is 21.5. The molecule has 0 amide bonds. The van der Waals surface area contributed by atoms with Crippen LogP contribution in [0.1, 0.15) is 96.8 Å². The highest BCUT2D eigenvalue weighted by molar-refractivity contribution is 7.86. The van der Waals surface area contributed by atoms with E-state index in [1.165, 1.54) is 64.2 Å². The summed E-state index contributed by atoms with van der Waals surface area (Å²) in [5, 5.41) is 28.4. The first-order valence-corrected chi connectivity index (χ1v) is 13.0. The monoisotopic (exact) mass is 438 g/mol. The molecule has 0 radical (unpaired) electrons. The van der Waals surface area contributed by atoms with Crippen molar-refractivity contribution >= 4 is 10.1 Å². The molecule has 1 fully saturated rings. The normalized spacial score (nSPS) is 25.0. The molecular formula is C21H42O7S. The molecule has 1 aliphatic rings. The van der Waals surface area contributed by atoms with E-state index in [0.717, 1.165) is 19.3 Å². The van der Waals surface area contributed by atoms with Crippen molar-refractivity contribution < 1.29 is 32.7 Å². The van der Waals surface area contributed by atoms with Gasteiger partial charge in [-0.25, -0.2) is 4.18 Å². The third kappa shape index (κ3) is 11.6. The van der Waals surface area contributed by atoms with Gasteiger partial charge in [-0.05, 0) is 6.42 Å². The smallest absolute Gasteiger partial charge is 0.269 e. The van der Waals surface area contributed by atoms with Crippen LogP contribution in [0.2, 0.25) is 0 Å². The molecule has 0 spiro atoms. The van der Waals surface area contributed by atoms with Gasteiger partial charge in [-0.3, -0.25) is 0 Å². The largest absolute Gasteiger partial charge is 0.394 e. The summed E-state index contributed by atoms with van der Waals surface area (Å²) in [5.41, 5.74) is 0. The number of aliphatic hydroxyl groups is 3. The van der Waals surface area contributed by atoms with Crippen LogP contribution in [0.25, 0.3) is 0 Å². The van der Waals surface area contributed by atoms with E-state index in [1.807, 2.05) is 0 Å². The fourth-order valence-electron chi connectivity index (χ4n) is 3.61. The second-order valence-corrected chi connectivity index (χ2v) is 9.88. The number of hydrogen-bond acceptors (Lipinski definition) is 7. The van der Waals surface area contributed by atoms with E-state index < -0.39 is 41.3 Å². The fraction of sp³-hybridized carbons (Fsp3) is 1.00. The van der Waals surface area contributed by atoms with Crippen LogP contribution in [-0.2, 0) is 19.0 Å². The molecule has 0 unspecified atom stereocenters. The van der Waals surface area contributed by atoms with Gasteiger partial charge in [-0.15, -0.1) is 0 Å². The Labute approximate surface area is 176 Å². The molecule has 0 aromatic heterocycles. The Bertz CT molecular complexity index is 497. The van der Waals surface area contributed by atoms with Crippen molar-refractivity contribution in [3.63, 3.8) is 0 Å². The lowest BCUT2D eigenvalue weighted by Crippen LogP contribution is -2.35. The van der Waals surface area contributed by atoms with Crippen LogP contribution in [0.3, 0.4) is 0 Å². The first-order valence-electron chi connectivity index (χ1n) is 11.4. The number of ether oxygens (including phenoxy) is 1. The van der Waals surface area contributed by atoms with Crippen LogP contribution in [0.5, 0.6) is 0 Å². The van der Waals surface area contributed by atoms with Crippen LogP contribution in [0.15, 0.2) is 0 Å². The quantitative estimate of drug-likeness (QED) is 0.222. The number of hydrogen-bond donors (Lipinski definition) is 3. The van der Waals surface area contributed by atoms with Gasteiger partial charge in [0.2, 0.25) is 6.29 Å². The van der Waals surface area contributed by atoms with Gasteiger partial charge in [-0.1, -0.05) is 90.4 Å². The van der Waals surface area contributed by atoms with Gasteiger partial charge in [-0.2, -0.15) is 8.42 Å². The third-order valence-electron chi connectivity index (χ3n) is 5.49. The molecule has 8 heteroatoms. The first-order chi connectivity index (χ1) is 13.9. The topological polar surface area (TPSA) is 113 Å². The van der Waals surface area contributed by atoms with Gasteiger partial charge in [0.05, 0.1) is 12.4 Å². The summed E-state index contributed by atoms with van der Waals surface area (Å²) in [4.78, 5) is 0. The predicted octanol–water partition coefficient (Wildman–Crippen LogP) is 3.25. The molecule has 0 saturated carbocycles. The van der Waals surface area contributed by atoms with Crippen LogP contribution >= 0.6 is 0 Å². The summed E-state index contributed by atoms with van der Waals surface area (Å²) in [6.07, 6.45) is 11.2. The van der Waals surface area contributed by atoms with E-state index in [9.17, 15) is 18.6 Å². The molecule has 29 heavy (non-hydrogen) atoms. The molecule has 0 aliphatic carbocycles. The highest BCUT2D eigenvalue weighted by Crippen LogP contribution is 2.24. The van der Waals surface area contributed by atoms with Crippen LogP contribution in [-0.4, -0.2) is 60.7 Å². The lowest BCUT2D eigenvalue weighted by atomic mass is 10.0. The fourth-order valence-corrected chi connectivity index (χ4v) is 4.71. The lowest BCUT2D eigenvalue weighted by Gasteiger charge is -2.15. The lowest BCUT2D eigenvalue weighted by molar-refractivity contribution is -0.113. The number of rotatable bonds is 18. The second kappa shape index (κ2) is 15.5. The van der Waals surface area contributed by atoms with Crippen molar-refractivity contribution in [2.45, 2.75) is 121 Å². The van der Waals surface area contributed by atoms with Crippen molar-refractivity contribution in [1.29, 1.82) is 0 Å². The van der Waals surface area contributed by atoms with Crippen molar-refractivity contribution in [3.05, 3.63) is 0 Å². The Morgan fingerprint density at radius 3 is 1.62 bits per heavy atom. The van der Waals surface area contributed by atoms with Gasteiger partial charge >= 0.3 is 0 Å². The molecule has 0 aromatic carbocycles. The van der Waals surface area contributed by atoms with E-state index >= 15 is 0 Å². The summed E-state index contributed by atoms with van der Waals surface area (Å²) in [6, 6.07) is 0. The molecule has 1 rings (SSSR count). The summed E-state index contributed by atoms with van der Waals surface area (Å²) in [5.74, 6) is -0.141. The van der Waals surface area contributed by atoms with Crippen molar-refractivity contribution in [2.24, 2.45) is 0 Å². The Kier molecular flexibility index (Phi) is 14.3. The van der Waals surface area contributed by atoms with Crippen molar-refractivity contribution in [2.75, 3.05) is 12.4 Å². The SMILES string of the molecule is CCCCCCCCCCCCCCCCS(=O)(=O)O[C@@H]1O[C@H](CO)[C@@H](O)[C@@H]1O. The maximum atomic E-state index is 12.0. The van der Waals surface area contributed by atoms with E-state index in [4.69, 9.17) is 14.0 Å². The van der Waals surface area contributed by atoms with Gasteiger partial charge in [0, 0.05) is 0 Å². The average molecular weight is 439 g/mol. The molecule has 0 aromatic rings. The molecule has 1 aliphatic heterocycles. The Morgan fingerprint density at radius 2 is 1.21 bits per heavy atom. The zero-order valence-electron chi connectivity index (χ0n) is 18.0. The number of unbranched alkanes of at least 4 members (excludes halogenated alkanes) is 13. The minimum atomic E-state index is -3.85. The Morgan fingerprint density at radius 1 is 0.759 bits per heavy atom. The average Bonchev–Trinajstić information content (AvgIpc) is 2.95. The Hall–Kier alpha value is -0.250. The molecule has 0 bridgehead atoms. The van der Waals surface area contributed by atoms with Gasteiger partial charge < -0.3 is 20.1 Å². The van der Waals surface area contributed by atoms with E-state index in [0.29, 0.717) is 6.42 Å².